The van der Waals surface area contributed by atoms with E-state index in [9.17, 15) is 0 Å². The maximum absolute atomic E-state index is 0. The third kappa shape index (κ3) is 22.0. The van der Waals surface area contributed by atoms with Gasteiger partial charge in [0.1, 0.15) is 0 Å². The zero-order valence-electron chi connectivity index (χ0n) is 1.50. The summed E-state index contributed by atoms with van der Waals surface area (Å²) in [6.07, 6.45) is 0. The summed E-state index contributed by atoms with van der Waals surface area (Å²) >= 11 is 0. The molecule has 0 aliphatic carbocycles. The third-order valence-corrected chi connectivity index (χ3v) is 0. The van der Waals surface area contributed by atoms with Crippen LogP contribution < -0.4 is 0 Å². The van der Waals surface area contributed by atoms with Gasteiger partial charge in [-0.2, -0.15) is 0 Å². The molecule has 0 heterocycles. The fourth-order valence-corrected chi connectivity index (χ4v) is 0. The van der Waals surface area contributed by atoms with E-state index in [1.807, 2.05) is 0 Å². The van der Waals surface area contributed by atoms with Crippen molar-refractivity contribution in [1.29, 1.82) is 0 Å². The molecule has 0 unspecified atom stereocenters. The number of hydrogen-bond donors (Lipinski definition) is 0. The topological polar surface area (TPSA) is 28.5 Å². The van der Waals surface area contributed by atoms with Gasteiger partial charge in [0.2, 0.25) is 0 Å². The molecule has 0 atom stereocenters. The second kappa shape index (κ2) is 33.5. The molecule has 0 aromatic carbocycles. The van der Waals surface area contributed by atoms with Crippen LogP contribution in [0.25, 0.3) is 0 Å². The van der Waals surface area contributed by atoms with Crippen LogP contribution in [0.5, 0.6) is 0 Å². The van der Waals surface area contributed by atoms with E-state index in [-0.39, 0.29) is 80.0 Å². The van der Waals surface area contributed by atoms with Gasteiger partial charge in [0.15, 0.2) is 0 Å². The maximum atomic E-state index is 0. The molecule has 34 valence electrons. The van der Waals surface area contributed by atoms with E-state index in [1.165, 1.54) is 0 Å². The van der Waals surface area contributed by atoms with Crippen molar-refractivity contribution < 1.29 is 57.0 Å². The molecule has 0 aromatic heterocycles. The van der Waals surface area contributed by atoms with Gasteiger partial charge < -0.3 is 5.48 Å². The fraction of sp³-hybridized carbons (Fsp3) is 0. The average molecular weight is 213 g/mol. The normalized spacial score (nSPS) is 0. The summed E-state index contributed by atoms with van der Waals surface area (Å²) in [5.74, 6) is 0. The van der Waals surface area contributed by atoms with Crippen LogP contribution in [0.2, 0.25) is 0 Å². The summed E-state index contributed by atoms with van der Waals surface area (Å²) in [6, 6.07) is 0. The summed E-state index contributed by atoms with van der Waals surface area (Å²) in [5.41, 5.74) is 0. The van der Waals surface area contributed by atoms with Crippen molar-refractivity contribution in [1.82, 2.24) is 0 Å². The largest absolute Gasteiger partial charge is 2.00 e. The maximum Gasteiger partial charge on any atom is 2.00 e. The quantitative estimate of drug-likeness (QED) is 0.459. The Hall–Kier alpha value is 2.30. The molecule has 0 saturated heterocycles. The van der Waals surface area contributed by atoms with Crippen LogP contribution in [0.4, 0.5) is 0 Å². The van der Waals surface area contributed by atoms with Crippen molar-refractivity contribution in [3.05, 3.63) is 0 Å². The Morgan fingerprint density at radius 1 is 1.00 bits per heavy atom. The summed E-state index contributed by atoms with van der Waals surface area (Å²) < 4.78 is 0. The molecular formula is H2CrCuMgMnO. The third-order valence-electron chi connectivity index (χ3n) is 0. The minimum absolute atomic E-state index is 0. The first kappa shape index (κ1) is 54.8. The van der Waals surface area contributed by atoms with Crippen molar-refractivity contribution in [3.63, 3.8) is 0 Å². The van der Waals surface area contributed by atoms with E-state index in [4.69, 9.17) is 0 Å². The molecule has 0 rings (SSSR count). The second-order valence-corrected chi connectivity index (χ2v) is 0. The number of hydrogen-bond acceptors (Lipinski definition) is 0. The Bertz CT molecular complexity index is 11.6. The molecule has 0 saturated carbocycles. The Labute approximate surface area is 79.2 Å². The van der Waals surface area contributed by atoms with Crippen LogP contribution >= 0.6 is 0 Å². The van der Waals surface area contributed by atoms with Gasteiger partial charge in [0, 0.05) is 34.4 Å². The molecule has 0 bridgehead atoms. The van der Waals surface area contributed by atoms with E-state index in [1.54, 1.807) is 0 Å². The van der Waals surface area contributed by atoms with E-state index >= 15 is 0 Å². The Balaban J connectivity index is 0. The van der Waals surface area contributed by atoms with Gasteiger partial charge in [-0.3, -0.25) is 0 Å². The molecule has 0 N–H and O–H groups in total. The van der Waals surface area contributed by atoms with Gasteiger partial charge in [-0.25, -0.2) is 0 Å². The smallest absolute Gasteiger partial charge is 2.00 e. The van der Waals surface area contributed by atoms with E-state index < -0.39 is 0 Å². The van der Waals surface area contributed by atoms with Crippen molar-refractivity contribution >= 4 is 23.1 Å². The van der Waals surface area contributed by atoms with Gasteiger partial charge in [0.25, 0.3) is 0 Å². The second-order valence-electron chi connectivity index (χ2n) is 0. The molecule has 0 aliphatic heterocycles. The van der Waals surface area contributed by atoms with Gasteiger partial charge in [-0.1, -0.05) is 0 Å². The molecule has 2 radical (unpaired) electrons. The fourth-order valence-electron chi connectivity index (χ4n) is 0. The summed E-state index contributed by atoms with van der Waals surface area (Å²) in [7, 11) is 0. The van der Waals surface area contributed by atoms with Gasteiger partial charge in [-0.15, -0.1) is 0 Å². The molecule has 0 fully saturated rings. The first-order valence-electron chi connectivity index (χ1n) is 0. The summed E-state index contributed by atoms with van der Waals surface area (Å²) in [5, 5.41) is 0. The molecule has 0 aliphatic rings. The van der Waals surface area contributed by atoms with Gasteiger partial charge in [0.05, 0.1) is 0 Å². The summed E-state index contributed by atoms with van der Waals surface area (Å²) in [4.78, 5) is 0. The summed E-state index contributed by atoms with van der Waals surface area (Å²) in [6.45, 7) is 0. The Morgan fingerprint density at radius 2 is 1.00 bits per heavy atom. The van der Waals surface area contributed by atoms with Gasteiger partial charge >= 0.3 is 40.1 Å². The zero-order chi connectivity index (χ0) is 0. The zero-order valence-corrected chi connectivity index (χ0v) is 4.89. The Kier molecular flexibility index (Phi) is 367. The van der Waals surface area contributed by atoms with E-state index in [0.29, 0.717) is 0 Å². The molecular weight excluding hydrogens is 211 g/mol. The molecule has 0 amide bonds. The Morgan fingerprint density at radius 3 is 1.00 bits per heavy atom. The molecule has 0 spiro atoms. The van der Waals surface area contributed by atoms with Crippen LogP contribution in [0.1, 0.15) is 0 Å². The monoisotopic (exact) mass is 212 g/mol. The van der Waals surface area contributed by atoms with Crippen molar-refractivity contribution in [2.75, 3.05) is 0 Å². The van der Waals surface area contributed by atoms with Crippen molar-refractivity contribution in [2.24, 2.45) is 0 Å². The number of rotatable bonds is 0. The van der Waals surface area contributed by atoms with Gasteiger partial charge in [-0.05, 0) is 0 Å². The van der Waals surface area contributed by atoms with Crippen LogP contribution in [0, 0.1) is 0 Å². The van der Waals surface area contributed by atoms with Crippen molar-refractivity contribution in [3.8, 4) is 0 Å². The minimum Gasteiger partial charge on any atom is -2.00 e. The van der Waals surface area contributed by atoms with E-state index in [0.717, 1.165) is 0 Å². The van der Waals surface area contributed by atoms with Crippen LogP contribution in [-0.2, 0) is 57.0 Å². The minimum atomic E-state index is 0. The average Bonchev–Trinajstić information content (AvgIpc) is 0. The predicted octanol–water partition coefficient (Wildman–Crippen LogP) is -1.04. The SMILES string of the molecule is [Cr].[Cu].[MgH2].[Mn+2].[O-2]. The molecule has 5 heteroatoms. The first-order valence-corrected chi connectivity index (χ1v) is 0. The standard InChI is InChI=1S/Cr.Cu.Mg.Mn.O.2H/q;;;+2;-2;;. The van der Waals surface area contributed by atoms with Crippen molar-refractivity contribution in [2.45, 2.75) is 0 Å². The first-order chi connectivity index (χ1) is 0. The molecule has 1 nitrogen and oxygen atoms in total. The predicted molar refractivity (Wildman–Crippen MR) is 9.23 cm³/mol. The van der Waals surface area contributed by atoms with Crippen LogP contribution in [-0.4, -0.2) is 23.1 Å². The van der Waals surface area contributed by atoms with Crippen LogP contribution in [0.15, 0.2) is 0 Å². The van der Waals surface area contributed by atoms with E-state index in [2.05, 4.69) is 0 Å². The van der Waals surface area contributed by atoms with Crippen LogP contribution in [0.3, 0.4) is 0 Å². The molecule has 5 heavy (non-hydrogen) atoms. The molecule has 0 aromatic rings.